The molecular weight excluding hydrogens is 412 g/mol. The van der Waals surface area contributed by atoms with Crippen molar-refractivity contribution in [3.8, 4) is 11.5 Å². The van der Waals surface area contributed by atoms with E-state index in [2.05, 4.69) is 0 Å². The van der Waals surface area contributed by atoms with Gasteiger partial charge in [-0.05, 0) is 42.0 Å². The van der Waals surface area contributed by atoms with Gasteiger partial charge in [0, 0.05) is 32.6 Å². The zero-order chi connectivity index (χ0) is 21.0. The number of amides is 1. The molecule has 9 heteroatoms. The van der Waals surface area contributed by atoms with Gasteiger partial charge in [0.2, 0.25) is 5.91 Å². The van der Waals surface area contributed by atoms with Crippen LogP contribution < -0.4 is 9.47 Å². The summed E-state index contributed by atoms with van der Waals surface area (Å²) in [6.07, 6.45) is 1.05. The number of ether oxygens (including phenoxy) is 2. The van der Waals surface area contributed by atoms with Crippen LogP contribution in [0.25, 0.3) is 0 Å². The number of hydrogen-bond acceptors (Lipinski definition) is 6. The van der Waals surface area contributed by atoms with Crippen LogP contribution in [0.4, 0.5) is 0 Å². The van der Waals surface area contributed by atoms with Crippen molar-refractivity contribution in [3.05, 3.63) is 41.3 Å². The van der Waals surface area contributed by atoms with Gasteiger partial charge in [0.25, 0.3) is 10.0 Å². The lowest BCUT2D eigenvalue weighted by atomic mass is 9.96. The van der Waals surface area contributed by atoms with Crippen LogP contribution in [0.15, 0.2) is 39.9 Å². The molecule has 1 aliphatic rings. The minimum Gasteiger partial charge on any atom is -0.493 e. The van der Waals surface area contributed by atoms with Gasteiger partial charge in [-0.1, -0.05) is 12.1 Å². The number of carbonyl (C=O) groups excluding carboxylic acids is 1. The Morgan fingerprint density at radius 2 is 1.86 bits per heavy atom. The Kier molecular flexibility index (Phi) is 6.81. The summed E-state index contributed by atoms with van der Waals surface area (Å²) in [6, 6.07) is 8.94. The normalized spacial score (nSPS) is 15.8. The second kappa shape index (κ2) is 9.15. The Hall–Kier alpha value is -2.10. The van der Waals surface area contributed by atoms with Gasteiger partial charge in [-0.2, -0.15) is 4.31 Å². The van der Waals surface area contributed by atoms with Gasteiger partial charge in [0.1, 0.15) is 4.21 Å². The fraction of sp³-hybridized carbons (Fsp3) is 0.450. The Balaban J connectivity index is 1.59. The molecule has 0 bridgehead atoms. The molecule has 3 rings (SSSR count). The third-order valence-electron chi connectivity index (χ3n) is 5.14. The molecule has 29 heavy (non-hydrogen) atoms. The summed E-state index contributed by atoms with van der Waals surface area (Å²) in [6.45, 7) is 1.18. The van der Waals surface area contributed by atoms with Crippen molar-refractivity contribution in [1.29, 1.82) is 0 Å². The second-order valence-electron chi connectivity index (χ2n) is 6.99. The molecule has 0 N–H and O–H groups in total. The molecule has 158 valence electrons. The fourth-order valence-electron chi connectivity index (χ4n) is 3.52. The van der Waals surface area contributed by atoms with E-state index in [1.807, 2.05) is 18.2 Å². The van der Waals surface area contributed by atoms with Gasteiger partial charge in [-0.15, -0.1) is 11.3 Å². The van der Waals surface area contributed by atoms with E-state index in [0.29, 0.717) is 48.2 Å². The predicted octanol–water partition coefficient (Wildman–Crippen LogP) is 2.82. The van der Waals surface area contributed by atoms with Crippen LogP contribution in [-0.2, 0) is 21.4 Å². The Morgan fingerprint density at radius 3 is 2.45 bits per heavy atom. The molecule has 1 aliphatic heterocycles. The molecule has 0 atom stereocenters. The van der Waals surface area contributed by atoms with Crippen molar-refractivity contribution < 1.29 is 22.7 Å². The summed E-state index contributed by atoms with van der Waals surface area (Å²) in [4.78, 5) is 14.6. The van der Waals surface area contributed by atoms with Gasteiger partial charge < -0.3 is 14.4 Å². The number of piperidine rings is 1. The molecule has 2 aromatic rings. The van der Waals surface area contributed by atoms with Crippen LogP contribution in [0.1, 0.15) is 18.4 Å². The van der Waals surface area contributed by atoms with Gasteiger partial charge in [-0.3, -0.25) is 4.79 Å². The highest BCUT2D eigenvalue weighted by molar-refractivity contribution is 7.91. The second-order valence-corrected chi connectivity index (χ2v) is 10.1. The van der Waals surface area contributed by atoms with Crippen molar-refractivity contribution in [2.45, 2.75) is 23.6 Å². The molecule has 1 aromatic carbocycles. The molecule has 0 radical (unpaired) electrons. The van der Waals surface area contributed by atoms with Crippen LogP contribution in [0.2, 0.25) is 0 Å². The standard InChI is InChI=1S/C20H26N2O5S2/c1-21(14-15-6-7-17(26-2)18(13-15)27-3)20(23)16-8-10-22(11-9-16)29(24,25)19-5-4-12-28-19/h4-7,12-13,16H,8-11,14H2,1-3H3. The third-order valence-corrected chi connectivity index (χ3v) is 8.41. The molecule has 1 aromatic heterocycles. The number of rotatable bonds is 7. The number of sulfonamides is 1. The summed E-state index contributed by atoms with van der Waals surface area (Å²) in [5.41, 5.74) is 0.941. The van der Waals surface area contributed by atoms with Crippen LogP contribution in [0.5, 0.6) is 11.5 Å². The fourth-order valence-corrected chi connectivity index (χ4v) is 6.14. The smallest absolute Gasteiger partial charge is 0.252 e. The lowest BCUT2D eigenvalue weighted by molar-refractivity contribution is -0.135. The zero-order valence-corrected chi connectivity index (χ0v) is 18.5. The van der Waals surface area contributed by atoms with Crippen molar-refractivity contribution in [3.63, 3.8) is 0 Å². The van der Waals surface area contributed by atoms with E-state index < -0.39 is 10.0 Å². The molecule has 1 saturated heterocycles. The highest BCUT2D eigenvalue weighted by atomic mass is 32.2. The van der Waals surface area contributed by atoms with Crippen molar-refractivity contribution in [2.75, 3.05) is 34.4 Å². The number of nitrogens with zero attached hydrogens (tertiary/aromatic N) is 2. The number of methoxy groups -OCH3 is 2. The molecule has 0 aliphatic carbocycles. The van der Waals surface area contributed by atoms with Crippen LogP contribution in [-0.4, -0.2) is 57.9 Å². The van der Waals surface area contributed by atoms with Crippen molar-refractivity contribution >= 4 is 27.3 Å². The molecule has 0 saturated carbocycles. The van der Waals surface area contributed by atoms with E-state index in [1.165, 1.54) is 15.6 Å². The summed E-state index contributed by atoms with van der Waals surface area (Å²) in [5, 5.41) is 1.76. The number of thiophene rings is 1. The lowest BCUT2D eigenvalue weighted by Crippen LogP contribution is -2.43. The van der Waals surface area contributed by atoms with E-state index in [-0.39, 0.29) is 11.8 Å². The largest absolute Gasteiger partial charge is 0.493 e. The van der Waals surface area contributed by atoms with Crippen LogP contribution >= 0.6 is 11.3 Å². The molecule has 1 fully saturated rings. The molecule has 7 nitrogen and oxygen atoms in total. The molecule has 0 spiro atoms. The van der Waals surface area contributed by atoms with Crippen LogP contribution in [0, 0.1) is 5.92 Å². The summed E-state index contributed by atoms with van der Waals surface area (Å²) < 4.78 is 37.7. The van der Waals surface area contributed by atoms with Gasteiger partial charge in [0.05, 0.1) is 14.2 Å². The first-order valence-corrected chi connectivity index (χ1v) is 11.7. The topological polar surface area (TPSA) is 76.2 Å². The summed E-state index contributed by atoms with van der Waals surface area (Å²) in [5.74, 6) is 1.13. The van der Waals surface area contributed by atoms with Crippen molar-refractivity contribution in [2.24, 2.45) is 5.92 Å². The highest BCUT2D eigenvalue weighted by Crippen LogP contribution is 2.29. The monoisotopic (exact) mass is 438 g/mol. The first-order chi connectivity index (χ1) is 13.9. The Morgan fingerprint density at radius 1 is 1.17 bits per heavy atom. The number of carbonyl (C=O) groups is 1. The van der Waals surface area contributed by atoms with Gasteiger partial charge in [0.15, 0.2) is 11.5 Å². The van der Waals surface area contributed by atoms with E-state index in [9.17, 15) is 13.2 Å². The summed E-state index contributed by atoms with van der Waals surface area (Å²) >= 11 is 1.22. The van der Waals surface area contributed by atoms with E-state index >= 15 is 0 Å². The van der Waals surface area contributed by atoms with E-state index in [0.717, 1.165) is 5.56 Å². The third kappa shape index (κ3) is 4.73. The maximum atomic E-state index is 12.9. The predicted molar refractivity (Wildman–Crippen MR) is 112 cm³/mol. The quantitative estimate of drug-likeness (QED) is 0.664. The van der Waals surface area contributed by atoms with Crippen molar-refractivity contribution in [1.82, 2.24) is 9.21 Å². The molecule has 1 amide bonds. The SMILES string of the molecule is COc1ccc(CN(C)C(=O)C2CCN(S(=O)(=O)c3cccs3)CC2)cc1OC. The zero-order valence-electron chi connectivity index (χ0n) is 16.8. The number of benzene rings is 1. The van der Waals surface area contributed by atoms with Gasteiger partial charge >= 0.3 is 0 Å². The minimum absolute atomic E-state index is 0.0351. The maximum absolute atomic E-state index is 12.9. The average molecular weight is 439 g/mol. The molecule has 2 heterocycles. The Bertz CT molecular complexity index is 936. The molecule has 0 unspecified atom stereocenters. The van der Waals surface area contributed by atoms with E-state index in [4.69, 9.17) is 9.47 Å². The lowest BCUT2D eigenvalue weighted by Gasteiger charge is -2.32. The Labute approximate surface area is 175 Å². The van der Waals surface area contributed by atoms with Gasteiger partial charge in [-0.25, -0.2) is 8.42 Å². The number of hydrogen-bond donors (Lipinski definition) is 0. The first kappa shape index (κ1) is 21.6. The first-order valence-electron chi connectivity index (χ1n) is 9.36. The van der Waals surface area contributed by atoms with E-state index in [1.54, 1.807) is 43.7 Å². The minimum atomic E-state index is -3.45. The average Bonchev–Trinajstić information content (AvgIpc) is 3.29. The molecular formula is C20H26N2O5S2. The van der Waals surface area contributed by atoms with Crippen LogP contribution in [0.3, 0.4) is 0 Å². The highest BCUT2D eigenvalue weighted by Gasteiger charge is 2.33. The maximum Gasteiger partial charge on any atom is 0.252 e. The summed E-state index contributed by atoms with van der Waals surface area (Å²) in [7, 11) is 1.48.